The van der Waals surface area contributed by atoms with Gasteiger partial charge in [-0.1, -0.05) is 43.6 Å². The largest absolute Gasteiger partial charge is 0.353 e. The minimum absolute atomic E-state index is 0.0430. The van der Waals surface area contributed by atoms with Crippen molar-refractivity contribution in [2.45, 2.75) is 58.8 Å². The molecule has 1 saturated heterocycles. The van der Waals surface area contributed by atoms with Gasteiger partial charge in [0, 0.05) is 36.7 Å². The summed E-state index contributed by atoms with van der Waals surface area (Å²) >= 11 is 6.23. The van der Waals surface area contributed by atoms with Crippen molar-refractivity contribution in [1.29, 1.82) is 0 Å². The molecule has 2 N–H and O–H groups in total. The number of hydrogen-bond acceptors (Lipinski definition) is 3. The summed E-state index contributed by atoms with van der Waals surface area (Å²) in [5.41, 5.74) is 1.10. The van der Waals surface area contributed by atoms with E-state index in [1.807, 2.05) is 38.1 Å². The number of benzene rings is 1. The van der Waals surface area contributed by atoms with Crippen molar-refractivity contribution >= 4 is 17.5 Å². The lowest BCUT2D eigenvalue weighted by Gasteiger charge is -2.25. The van der Waals surface area contributed by atoms with Crippen molar-refractivity contribution in [1.82, 2.24) is 15.5 Å². The Morgan fingerprint density at radius 2 is 2.00 bits per heavy atom. The summed E-state index contributed by atoms with van der Waals surface area (Å²) in [6.45, 7) is 11.0. The molecule has 0 aliphatic carbocycles. The molecule has 0 radical (unpaired) electrons. The molecule has 0 aromatic heterocycles. The van der Waals surface area contributed by atoms with Gasteiger partial charge in [0.25, 0.3) is 0 Å². The van der Waals surface area contributed by atoms with Gasteiger partial charge in [-0.3, -0.25) is 9.69 Å². The van der Waals surface area contributed by atoms with E-state index >= 15 is 0 Å². The van der Waals surface area contributed by atoms with E-state index < -0.39 is 0 Å². The second-order valence-corrected chi connectivity index (χ2v) is 7.84. The van der Waals surface area contributed by atoms with Crippen LogP contribution in [-0.4, -0.2) is 42.0 Å². The molecule has 0 saturated carbocycles. The number of carbonyl (C=O) groups is 1. The Hall–Kier alpha value is -1.10. The van der Waals surface area contributed by atoms with Crippen LogP contribution >= 0.6 is 11.6 Å². The summed E-state index contributed by atoms with van der Waals surface area (Å²) in [5, 5.41) is 7.42. The van der Waals surface area contributed by atoms with Gasteiger partial charge in [0.15, 0.2) is 0 Å². The molecule has 24 heavy (non-hydrogen) atoms. The second-order valence-electron chi connectivity index (χ2n) is 7.43. The topological polar surface area (TPSA) is 44.4 Å². The average Bonchev–Trinajstić information content (AvgIpc) is 2.88. The molecule has 1 heterocycles. The number of carbonyl (C=O) groups excluding carboxylic acids is 1. The molecular weight excluding hydrogens is 322 g/mol. The fourth-order valence-electron chi connectivity index (χ4n) is 3.27. The quantitative estimate of drug-likeness (QED) is 0.793. The molecule has 5 heteroatoms. The van der Waals surface area contributed by atoms with Crippen molar-refractivity contribution in [2.75, 3.05) is 13.1 Å². The zero-order valence-electron chi connectivity index (χ0n) is 15.2. The molecule has 0 bridgehead atoms. The maximum Gasteiger partial charge on any atom is 0.237 e. The summed E-state index contributed by atoms with van der Waals surface area (Å²) in [6.07, 6.45) is 0.843. The minimum Gasteiger partial charge on any atom is -0.353 e. The third-order valence-electron chi connectivity index (χ3n) is 4.28. The number of halogens is 1. The molecule has 1 aromatic rings. The van der Waals surface area contributed by atoms with Crippen LogP contribution in [0.3, 0.4) is 0 Å². The molecule has 1 amide bonds. The van der Waals surface area contributed by atoms with E-state index in [0.29, 0.717) is 12.0 Å². The van der Waals surface area contributed by atoms with Gasteiger partial charge in [0.1, 0.15) is 0 Å². The third-order valence-corrected chi connectivity index (χ3v) is 4.64. The standard InChI is InChI=1S/C19H30ClN3O/c1-13(2)11-23-12-16(9-18(23)19(24)22-14(3)4)21-10-15-7-5-6-8-17(15)20/h5-8,13-14,16,18,21H,9-12H2,1-4H3,(H,22,24)/t16-,18+/m1/s1. The van der Waals surface area contributed by atoms with Crippen LogP contribution in [0, 0.1) is 5.92 Å². The Labute approximate surface area is 150 Å². The predicted molar refractivity (Wildman–Crippen MR) is 100 cm³/mol. The fraction of sp³-hybridized carbons (Fsp3) is 0.632. The Balaban J connectivity index is 1.97. The van der Waals surface area contributed by atoms with Crippen molar-refractivity contribution in [3.8, 4) is 0 Å². The van der Waals surface area contributed by atoms with E-state index in [0.717, 1.165) is 36.6 Å². The lowest BCUT2D eigenvalue weighted by atomic mass is 10.1. The van der Waals surface area contributed by atoms with Gasteiger partial charge in [-0.15, -0.1) is 0 Å². The molecular formula is C19H30ClN3O. The Kier molecular flexibility index (Phi) is 7.08. The molecule has 0 unspecified atom stereocenters. The molecule has 0 spiro atoms. The summed E-state index contributed by atoms with van der Waals surface area (Å²) in [4.78, 5) is 14.8. The van der Waals surface area contributed by atoms with Gasteiger partial charge in [-0.2, -0.15) is 0 Å². The van der Waals surface area contributed by atoms with E-state index in [1.165, 1.54) is 0 Å². The first-order valence-electron chi connectivity index (χ1n) is 8.88. The van der Waals surface area contributed by atoms with Crippen LogP contribution in [0.15, 0.2) is 24.3 Å². The molecule has 134 valence electrons. The maximum atomic E-state index is 12.5. The van der Waals surface area contributed by atoms with Crippen LogP contribution in [-0.2, 0) is 11.3 Å². The number of nitrogens with zero attached hydrogens (tertiary/aromatic N) is 1. The lowest BCUT2D eigenvalue weighted by Crippen LogP contribution is -2.46. The fourth-order valence-corrected chi connectivity index (χ4v) is 3.47. The SMILES string of the molecule is CC(C)CN1C[C@H](NCc2ccccc2Cl)C[C@H]1C(=O)NC(C)C. The summed E-state index contributed by atoms with van der Waals surface area (Å²) in [5.74, 6) is 0.689. The van der Waals surface area contributed by atoms with E-state index in [1.54, 1.807) is 0 Å². The van der Waals surface area contributed by atoms with Gasteiger partial charge in [0.05, 0.1) is 6.04 Å². The highest BCUT2D eigenvalue weighted by molar-refractivity contribution is 6.31. The first-order chi connectivity index (χ1) is 11.4. The first kappa shape index (κ1) is 19.2. The van der Waals surface area contributed by atoms with Crippen molar-refractivity contribution < 1.29 is 4.79 Å². The van der Waals surface area contributed by atoms with Crippen LogP contribution in [0.5, 0.6) is 0 Å². The summed E-state index contributed by atoms with van der Waals surface area (Å²) in [6, 6.07) is 8.34. The first-order valence-corrected chi connectivity index (χ1v) is 9.25. The number of hydrogen-bond donors (Lipinski definition) is 2. The molecule has 1 fully saturated rings. The highest BCUT2D eigenvalue weighted by Crippen LogP contribution is 2.21. The molecule has 1 aliphatic heterocycles. The van der Waals surface area contributed by atoms with E-state index in [2.05, 4.69) is 29.4 Å². The highest BCUT2D eigenvalue weighted by atomic mass is 35.5. The lowest BCUT2D eigenvalue weighted by molar-refractivity contribution is -0.126. The van der Waals surface area contributed by atoms with E-state index in [4.69, 9.17) is 11.6 Å². The maximum absolute atomic E-state index is 12.5. The zero-order valence-corrected chi connectivity index (χ0v) is 15.9. The smallest absolute Gasteiger partial charge is 0.237 e. The summed E-state index contributed by atoms with van der Waals surface area (Å²) in [7, 11) is 0. The van der Waals surface area contributed by atoms with Crippen molar-refractivity contribution in [2.24, 2.45) is 5.92 Å². The van der Waals surface area contributed by atoms with Gasteiger partial charge in [0.2, 0.25) is 5.91 Å². The number of rotatable bonds is 7. The van der Waals surface area contributed by atoms with Crippen LogP contribution in [0.25, 0.3) is 0 Å². The molecule has 2 rings (SSSR count). The van der Waals surface area contributed by atoms with Crippen LogP contribution in [0.1, 0.15) is 39.7 Å². The van der Waals surface area contributed by atoms with Crippen molar-refractivity contribution in [3.05, 3.63) is 34.9 Å². The van der Waals surface area contributed by atoms with E-state index in [9.17, 15) is 4.79 Å². The number of amides is 1. The molecule has 4 nitrogen and oxygen atoms in total. The molecule has 2 atom stereocenters. The highest BCUT2D eigenvalue weighted by Gasteiger charge is 2.36. The van der Waals surface area contributed by atoms with Gasteiger partial charge in [-0.05, 0) is 37.8 Å². The Morgan fingerprint density at radius 1 is 1.29 bits per heavy atom. The summed E-state index contributed by atoms with van der Waals surface area (Å²) < 4.78 is 0. The van der Waals surface area contributed by atoms with Crippen LogP contribution in [0.2, 0.25) is 5.02 Å². The van der Waals surface area contributed by atoms with E-state index in [-0.39, 0.29) is 18.0 Å². The Morgan fingerprint density at radius 3 is 2.62 bits per heavy atom. The monoisotopic (exact) mass is 351 g/mol. The van der Waals surface area contributed by atoms with Crippen molar-refractivity contribution in [3.63, 3.8) is 0 Å². The molecule has 1 aromatic carbocycles. The molecule has 1 aliphatic rings. The minimum atomic E-state index is -0.0430. The zero-order chi connectivity index (χ0) is 17.7. The second kappa shape index (κ2) is 8.84. The third kappa shape index (κ3) is 5.47. The van der Waals surface area contributed by atoms with Crippen LogP contribution in [0.4, 0.5) is 0 Å². The van der Waals surface area contributed by atoms with Gasteiger partial charge >= 0.3 is 0 Å². The number of nitrogens with one attached hydrogen (secondary N) is 2. The Bertz CT molecular complexity index is 547. The van der Waals surface area contributed by atoms with Crippen LogP contribution < -0.4 is 10.6 Å². The average molecular weight is 352 g/mol. The van der Waals surface area contributed by atoms with Gasteiger partial charge < -0.3 is 10.6 Å². The normalized spacial score (nSPS) is 21.6. The number of likely N-dealkylation sites (tertiary alicyclic amines) is 1. The van der Waals surface area contributed by atoms with Gasteiger partial charge in [-0.25, -0.2) is 0 Å². The predicted octanol–water partition coefficient (Wildman–Crippen LogP) is 3.05.